The second-order valence-electron chi connectivity index (χ2n) is 7.73. The van der Waals surface area contributed by atoms with Gasteiger partial charge < -0.3 is 19.5 Å². The van der Waals surface area contributed by atoms with Crippen LogP contribution in [0.2, 0.25) is 0 Å². The predicted molar refractivity (Wildman–Crippen MR) is 126 cm³/mol. The number of rotatable bonds is 4. The van der Waals surface area contributed by atoms with E-state index in [1.54, 1.807) is 6.20 Å². The summed E-state index contributed by atoms with van der Waals surface area (Å²) < 4.78 is 5.72. The van der Waals surface area contributed by atoms with Gasteiger partial charge in [-0.3, -0.25) is 5.32 Å². The van der Waals surface area contributed by atoms with Gasteiger partial charge in [-0.1, -0.05) is 18.2 Å². The number of fused-ring (bicyclic) bond motifs is 1. The molecule has 2 N–H and O–H groups in total. The van der Waals surface area contributed by atoms with Gasteiger partial charge in [-0.05, 0) is 55.0 Å². The van der Waals surface area contributed by atoms with Crippen LogP contribution in [-0.2, 0) is 0 Å². The highest BCUT2D eigenvalue weighted by molar-refractivity contribution is 5.89. The van der Waals surface area contributed by atoms with Gasteiger partial charge in [0.25, 0.3) is 6.01 Å². The average molecular weight is 428 g/mol. The van der Waals surface area contributed by atoms with Crippen LogP contribution >= 0.6 is 0 Å². The number of aryl methyl sites for hydroxylation is 1. The van der Waals surface area contributed by atoms with Crippen molar-refractivity contribution in [2.24, 2.45) is 0 Å². The molecule has 0 spiro atoms. The molecule has 3 heterocycles. The van der Waals surface area contributed by atoms with E-state index < -0.39 is 0 Å². The topological polar surface area (TPSA) is 86.5 Å². The Balaban J connectivity index is 1.17. The summed E-state index contributed by atoms with van der Waals surface area (Å²) in [6.45, 7) is 4.78. The summed E-state index contributed by atoms with van der Waals surface area (Å²) in [6, 6.07) is 20.0. The highest BCUT2D eigenvalue weighted by Gasteiger charge is 2.22. The maximum absolute atomic E-state index is 12.6. The van der Waals surface area contributed by atoms with Crippen LogP contribution in [-0.4, -0.2) is 47.1 Å². The van der Waals surface area contributed by atoms with Crippen LogP contribution in [0.15, 0.2) is 71.3 Å². The zero-order valence-corrected chi connectivity index (χ0v) is 17.8. The van der Waals surface area contributed by atoms with Crippen molar-refractivity contribution in [3.63, 3.8) is 0 Å². The number of carbonyl (C=O) groups excluding carboxylic acids is 1. The minimum absolute atomic E-state index is 0.107. The third-order valence-electron chi connectivity index (χ3n) is 5.58. The number of nitrogens with zero attached hydrogens (tertiary/aromatic N) is 4. The highest BCUT2D eigenvalue weighted by Crippen LogP contribution is 2.24. The van der Waals surface area contributed by atoms with Crippen molar-refractivity contribution < 1.29 is 9.21 Å². The number of hydrogen-bond acceptors (Lipinski definition) is 6. The molecule has 2 amide bonds. The molecule has 2 aromatic carbocycles. The van der Waals surface area contributed by atoms with E-state index in [0.717, 1.165) is 41.1 Å². The van der Waals surface area contributed by atoms with E-state index in [1.807, 2.05) is 60.4 Å². The van der Waals surface area contributed by atoms with E-state index in [1.165, 1.54) is 0 Å². The molecule has 5 rings (SSSR count). The highest BCUT2D eigenvalue weighted by atomic mass is 16.4. The van der Waals surface area contributed by atoms with Crippen LogP contribution in [0, 0.1) is 6.92 Å². The monoisotopic (exact) mass is 428 g/mol. The Kier molecular flexibility index (Phi) is 5.33. The van der Waals surface area contributed by atoms with Crippen molar-refractivity contribution in [2.45, 2.75) is 6.92 Å². The Labute approximate surface area is 185 Å². The van der Waals surface area contributed by atoms with Crippen molar-refractivity contribution in [3.8, 4) is 0 Å². The number of oxazole rings is 1. The minimum atomic E-state index is -0.107. The molecule has 1 aliphatic heterocycles. The average Bonchev–Trinajstić information content (AvgIpc) is 3.23. The molecule has 1 aliphatic rings. The number of hydrogen-bond donors (Lipinski definition) is 2. The Morgan fingerprint density at radius 2 is 1.75 bits per heavy atom. The molecule has 8 heteroatoms. The van der Waals surface area contributed by atoms with Crippen LogP contribution in [0.25, 0.3) is 11.1 Å². The van der Waals surface area contributed by atoms with E-state index in [2.05, 4.69) is 37.6 Å². The Morgan fingerprint density at radius 3 is 2.50 bits per heavy atom. The summed E-state index contributed by atoms with van der Waals surface area (Å²) in [5, 5.41) is 6.12. The summed E-state index contributed by atoms with van der Waals surface area (Å²) in [6.07, 6.45) is 1.68. The first kappa shape index (κ1) is 19.9. The summed E-state index contributed by atoms with van der Waals surface area (Å²) >= 11 is 0. The molecule has 0 aliphatic carbocycles. The van der Waals surface area contributed by atoms with E-state index in [-0.39, 0.29) is 6.03 Å². The third-order valence-corrected chi connectivity index (χ3v) is 5.58. The zero-order chi connectivity index (χ0) is 21.9. The molecule has 0 unspecified atom stereocenters. The fourth-order valence-corrected chi connectivity index (χ4v) is 3.77. The smallest absolute Gasteiger partial charge is 0.323 e. The number of para-hydroxylation sites is 2. The number of anilines is 4. The van der Waals surface area contributed by atoms with Crippen LogP contribution in [0.1, 0.15) is 5.56 Å². The molecule has 1 saturated heterocycles. The fourth-order valence-electron chi connectivity index (χ4n) is 3.77. The molecule has 8 nitrogen and oxygen atoms in total. The van der Waals surface area contributed by atoms with Crippen LogP contribution in [0.5, 0.6) is 0 Å². The van der Waals surface area contributed by atoms with Crippen molar-refractivity contribution >= 4 is 40.3 Å². The van der Waals surface area contributed by atoms with Gasteiger partial charge >= 0.3 is 6.03 Å². The van der Waals surface area contributed by atoms with E-state index >= 15 is 0 Å². The Bertz CT molecular complexity index is 1200. The molecule has 4 aromatic rings. The molecule has 2 aromatic heterocycles. The standard InChI is InChI=1S/C24H24N6O2/c1-17-5-4-12-25-22(17)28-24(31)30-15-13-29(14-16-30)19-10-8-18(9-11-19)26-23-27-20-6-2-3-7-21(20)32-23/h2-12H,13-16H2,1H3,(H,26,27)(H,25,28,31). The van der Waals surface area contributed by atoms with Gasteiger partial charge in [0, 0.05) is 43.8 Å². The number of nitrogens with one attached hydrogen (secondary N) is 2. The Hall–Kier alpha value is -4.07. The third kappa shape index (κ3) is 4.20. The first-order valence-corrected chi connectivity index (χ1v) is 10.6. The van der Waals surface area contributed by atoms with Crippen molar-refractivity contribution in [1.29, 1.82) is 0 Å². The lowest BCUT2D eigenvalue weighted by Crippen LogP contribution is -2.50. The Morgan fingerprint density at radius 1 is 0.969 bits per heavy atom. The molecule has 0 saturated carbocycles. The van der Waals surface area contributed by atoms with Gasteiger partial charge in [-0.25, -0.2) is 9.78 Å². The van der Waals surface area contributed by atoms with Crippen molar-refractivity contribution in [2.75, 3.05) is 41.7 Å². The maximum Gasteiger partial charge on any atom is 0.323 e. The van der Waals surface area contributed by atoms with Crippen LogP contribution < -0.4 is 15.5 Å². The number of carbonyl (C=O) groups is 1. The van der Waals surface area contributed by atoms with Crippen LogP contribution in [0.4, 0.5) is 28.0 Å². The predicted octanol–water partition coefficient (Wildman–Crippen LogP) is 4.63. The van der Waals surface area contributed by atoms with Gasteiger partial charge in [-0.15, -0.1) is 0 Å². The van der Waals surface area contributed by atoms with E-state index in [0.29, 0.717) is 24.9 Å². The zero-order valence-electron chi connectivity index (χ0n) is 17.8. The molecular formula is C24H24N6O2. The number of benzene rings is 2. The lowest BCUT2D eigenvalue weighted by Gasteiger charge is -2.36. The number of aromatic nitrogens is 2. The van der Waals surface area contributed by atoms with Gasteiger partial charge in [0.1, 0.15) is 11.3 Å². The second-order valence-corrected chi connectivity index (χ2v) is 7.73. The van der Waals surface area contributed by atoms with E-state index in [9.17, 15) is 4.79 Å². The molecule has 1 fully saturated rings. The molecule has 0 atom stereocenters. The number of urea groups is 1. The van der Waals surface area contributed by atoms with Gasteiger partial charge in [0.2, 0.25) is 0 Å². The largest absolute Gasteiger partial charge is 0.423 e. The summed E-state index contributed by atoms with van der Waals surface area (Å²) in [5.74, 6) is 0.613. The number of amides is 2. The fraction of sp³-hybridized carbons (Fsp3) is 0.208. The maximum atomic E-state index is 12.6. The lowest BCUT2D eigenvalue weighted by atomic mass is 10.2. The van der Waals surface area contributed by atoms with Gasteiger partial charge in [0.15, 0.2) is 5.58 Å². The normalized spacial score (nSPS) is 13.9. The number of piperazine rings is 1. The van der Waals surface area contributed by atoms with Crippen molar-refractivity contribution in [3.05, 3.63) is 72.4 Å². The summed E-state index contributed by atoms with van der Waals surface area (Å²) in [7, 11) is 0. The lowest BCUT2D eigenvalue weighted by molar-refractivity contribution is 0.208. The van der Waals surface area contributed by atoms with E-state index in [4.69, 9.17) is 4.42 Å². The minimum Gasteiger partial charge on any atom is -0.423 e. The van der Waals surface area contributed by atoms with Gasteiger partial charge in [-0.2, -0.15) is 4.98 Å². The first-order chi connectivity index (χ1) is 15.7. The van der Waals surface area contributed by atoms with Crippen molar-refractivity contribution in [1.82, 2.24) is 14.9 Å². The summed E-state index contributed by atoms with van der Waals surface area (Å²) in [4.78, 5) is 25.4. The molecule has 0 bridgehead atoms. The number of pyridine rings is 1. The SMILES string of the molecule is Cc1cccnc1NC(=O)N1CCN(c2ccc(Nc3nc4ccccc4o3)cc2)CC1. The van der Waals surface area contributed by atoms with Crippen LogP contribution in [0.3, 0.4) is 0 Å². The molecule has 0 radical (unpaired) electrons. The second kappa shape index (κ2) is 8.58. The first-order valence-electron chi connectivity index (χ1n) is 10.6. The molecular weight excluding hydrogens is 404 g/mol. The van der Waals surface area contributed by atoms with Gasteiger partial charge in [0.05, 0.1) is 0 Å². The molecule has 32 heavy (non-hydrogen) atoms. The summed E-state index contributed by atoms with van der Waals surface area (Å²) in [5.41, 5.74) is 4.56. The quantitative estimate of drug-likeness (QED) is 0.493. The molecule has 162 valence electrons.